The quantitative estimate of drug-likeness (QED) is 0.452. The Kier molecular flexibility index (Phi) is 6.48. The Morgan fingerprint density at radius 2 is 1.91 bits per heavy atom. The number of nitrogens with zero attached hydrogens (tertiary/aromatic N) is 3. The molecule has 0 bridgehead atoms. The van der Waals surface area contributed by atoms with Gasteiger partial charge in [0.2, 0.25) is 0 Å². The Morgan fingerprint density at radius 1 is 1.19 bits per heavy atom. The van der Waals surface area contributed by atoms with E-state index >= 15 is 0 Å². The highest BCUT2D eigenvalue weighted by molar-refractivity contribution is 6.32. The fourth-order valence-electron chi connectivity index (χ4n) is 4.10. The van der Waals surface area contributed by atoms with Crippen LogP contribution in [0.2, 0.25) is 5.02 Å². The molecule has 1 heterocycles. The molecule has 5 nitrogen and oxygen atoms in total. The third-order valence-corrected chi connectivity index (χ3v) is 6.71. The molecule has 0 amide bonds. The highest BCUT2D eigenvalue weighted by Crippen LogP contribution is 2.39. The molecule has 1 aliphatic rings. The average molecular weight is 469 g/mol. The van der Waals surface area contributed by atoms with Crippen LogP contribution in [-0.2, 0) is 5.41 Å². The molecule has 2 N–H and O–H groups in total. The number of alkyl halides is 1. The van der Waals surface area contributed by atoms with Crippen molar-refractivity contribution in [3.05, 3.63) is 70.5 Å². The standard InChI is InChI=1S/C25H26Cl2N4O/c1-25(2,20-9-17(13-28)24(23(27)10-20)32-8-7-26)19-5-3-16(4-6-19)18-14-30-31(15-18)22-11-21(29)12-22/h3-6,9-10,14-15,21-22H,7-8,11-12,29H2,1-2H3. The third kappa shape index (κ3) is 4.36. The zero-order valence-corrected chi connectivity index (χ0v) is 19.7. The lowest BCUT2D eigenvalue weighted by molar-refractivity contribution is 0.247. The molecule has 32 heavy (non-hydrogen) atoms. The molecule has 1 fully saturated rings. The molecular formula is C25H26Cl2N4O. The Labute approximate surface area is 198 Å². The van der Waals surface area contributed by atoms with Gasteiger partial charge in [-0.2, -0.15) is 10.4 Å². The predicted octanol–water partition coefficient (Wildman–Crippen LogP) is 5.68. The lowest BCUT2D eigenvalue weighted by atomic mass is 9.77. The first-order valence-electron chi connectivity index (χ1n) is 10.7. The van der Waals surface area contributed by atoms with Crippen molar-refractivity contribution >= 4 is 23.2 Å². The van der Waals surface area contributed by atoms with Crippen LogP contribution in [0.1, 0.15) is 49.4 Å². The van der Waals surface area contributed by atoms with Gasteiger partial charge in [0.15, 0.2) is 5.75 Å². The number of aromatic nitrogens is 2. The van der Waals surface area contributed by atoms with E-state index in [2.05, 4.69) is 55.5 Å². The minimum Gasteiger partial charge on any atom is -0.489 e. The van der Waals surface area contributed by atoms with Gasteiger partial charge in [-0.1, -0.05) is 49.7 Å². The van der Waals surface area contributed by atoms with Crippen LogP contribution in [0.25, 0.3) is 11.1 Å². The van der Waals surface area contributed by atoms with Gasteiger partial charge in [0, 0.05) is 23.2 Å². The fraction of sp³-hybridized carbons (Fsp3) is 0.360. The van der Waals surface area contributed by atoms with Gasteiger partial charge >= 0.3 is 0 Å². The van der Waals surface area contributed by atoms with Gasteiger partial charge in [-0.15, -0.1) is 11.6 Å². The molecule has 0 saturated heterocycles. The van der Waals surface area contributed by atoms with Gasteiger partial charge in [0.1, 0.15) is 12.7 Å². The van der Waals surface area contributed by atoms with E-state index in [-0.39, 0.29) is 5.41 Å². The van der Waals surface area contributed by atoms with Crippen molar-refractivity contribution < 1.29 is 4.74 Å². The summed E-state index contributed by atoms with van der Waals surface area (Å²) in [4.78, 5) is 0. The minimum atomic E-state index is -0.356. The van der Waals surface area contributed by atoms with E-state index < -0.39 is 0 Å². The Morgan fingerprint density at radius 3 is 2.53 bits per heavy atom. The number of nitrogens with two attached hydrogens (primary N) is 1. The summed E-state index contributed by atoms with van der Waals surface area (Å²) in [5.41, 5.74) is 10.2. The van der Waals surface area contributed by atoms with E-state index in [1.54, 1.807) is 0 Å². The second-order valence-electron chi connectivity index (χ2n) is 8.78. The first kappa shape index (κ1) is 22.7. The van der Waals surface area contributed by atoms with Gasteiger partial charge in [-0.3, -0.25) is 4.68 Å². The molecule has 0 atom stereocenters. The van der Waals surface area contributed by atoms with Crippen LogP contribution in [0.3, 0.4) is 0 Å². The number of benzene rings is 2. The number of nitriles is 1. The summed E-state index contributed by atoms with van der Waals surface area (Å²) >= 11 is 12.2. The zero-order valence-electron chi connectivity index (χ0n) is 18.2. The van der Waals surface area contributed by atoms with E-state index in [4.69, 9.17) is 33.7 Å². The second kappa shape index (κ2) is 9.15. The summed E-state index contributed by atoms with van der Waals surface area (Å²) in [5, 5.41) is 14.5. The lowest BCUT2D eigenvalue weighted by Crippen LogP contribution is -2.37. The van der Waals surface area contributed by atoms with Gasteiger partial charge in [-0.25, -0.2) is 0 Å². The number of hydrogen-bond donors (Lipinski definition) is 1. The summed E-state index contributed by atoms with van der Waals surface area (Å²) in [6.45, 7) is 4.53. The summed E-state index contributed by atoms with van der Waals surface area (Å²) in [5.74, 6) is 0.711. The van der Waals surface area contributed by atoms with Crippen molar-refractivity contribution in [1.29, 1.82) is 5.26 Å². The molecule has 1 saturated carbocycles. The molecule has 0 aliphatic heterocycles. The Balaban J connectivity index is 1.58. The SMILES string of the molecule is CC(C)(c1ccc(-c2cnn(C3CC(N)C3)c2)cc1)c1cc(Cl)c(OCCCl)c(C#N)c1. The Hall–Kier alpha value is -2.52. The number of rotatable bonds is 7. The van der Waals surface area contributed by atoms with Crippen LogP contribution in [0.4, 0.5) is 0 Å². The molecular weight excluding hydrogens is 443 g/mol. The molecule has 1 aliphatic carbocycles. The molecule has 2 aromatic carbocycles. The molecule has 0 unspecified atom stereocenters. The lowest BCUT2D eigenvalue weighted by Gasteiger charge is -2.32. The Bertz CT molecular complexity index is 1140. The van der Waals surface area contributed by atoms with Gasteiger partial charge in [-0.05, 0) is 41.7 Å². The van der Waals surface area contributed by atoms with E-state index in [9.17, 15) is 5.26 Å². The van der Waals surface area contributed by atoms with Crippen LogP contribution in [0.15, 0.2) is 48.8 Å². The molecule has 0 radical (unpaired) electrons. The summed E-state index contributed by atoms with van der Waals surface area (Å²) in [6.07, 6.45) is 5.96. The van der Waals surface area contributed by atoms with Gasteiger partial charge in [0.25, 0.3) is 0 Å². The smallest absolute Gasteiger partial charge is 0.155 e. The van der Waals surface area contributed by atoms with Crippen molar-refractivity contribution in [2.75, 3.05) is 12.5 Å². The van der Waals surface area contributed by atoms with E-state index in [0.29, 0.717) is 40.9 Å². The van der Waals surface area contributed by atoms with E-state index in [1.165, 1.54) is 0 Å². The highest BCUT2D eigenvalue weighted by Gasteiger charge is 2.28. The first-order chi connectivity index (χ1) is 15.3. The topological polar surface area (TPSA) is 76.9 Å². The molecule has 3 aromatic rings. The molecule has 1 aromatic heterocycles. The maximum atomic E-state index is 9.61. The molecule has 166 valence electrons. The van der Waals surface area contributed by atoms with Gasteiger partial charge < -0.3 is 10.5 Å². The van der Waals surface area contributed by atoms with Crippen LogP contribution < -0.4 is 10.5 Å². The highest BCUT2D eigenvalue weighted by atomic mass is 35.5. The number of halogens is 2. The normalized spacial score (nSPS) is 18.1. The van der Waals surface area contributed by atoms with Gasteiger partial charge in [0.05, 0.1) is 28.7 Å². The number of hydrogen-bond acceptors (Lipinski definition) is 4. The second-order valence-corrected chi connectivity index (χ2v) is 9.57. The van der Waals surface area contributed by atoms with Crippen LogP contribution in [0, 0.1) is 11.3 Å². The molecule has 0 spiro atoms. The maximum Gasteiger partial charge on any atom is 0.155 e. The van der Waals surface area contributed by atoms with Crippen molar-refractivity contribution in [3.63, 3.8) is 0 Å². The van der Waals surface area contributed by atoms with Crippen molar-refractivity contribution in [2.24, 2.45) is 5.73 Å². The zero-order chi connectivity index (χ0) is 22.9. The third-order valence-electron chi connectivity index (χ3n) is 6.27. The number of ether oxygens (including phenoxy) is 1. The summed E-state index contributed by atoms with van der Waals surface area (Å²) < 4.78 is 7.61. The van der Waals surface area contributed by atoms with E-state index in [1.807, 2.05) is 23.0 Å². The largest absolute Gasteiger partial charge is 0.489 e. The van der Waals surface area contributed by atoms with E-state index in [0.717, 1.165) is 35.1 Å². The van der Waals surface area contributed by atoms with Crippen molar-refractivity contribution in [1.82, 2.24) is 9.78 Å². The summed E-state index contributed by atoms with van der Waals surface area (Å²) in [6, 6.07) is 15.1. The maximum absolute atomic E-state index is 9.61. The predicted molar refractivity (Wildman–Crippen MR) is 128 cm³/mol. The van der Waals surface area contributed by atoms with Crippen molar-refractivity contribution in [3.8, 4) is 22.9 Å². The summed E-state index contributed by atoms with van der Waals surface area (Å²) in [7, 11) is 0. The molecule has 7 heteroatoms. The first-order valence-corrected chi connectivity index (χ1v) is 11.6. The van der Waals surface area contributed by atoms with Crippen molar-refractivity contribution in [2.45, 2.75) is 44.2 Å². The fourth-order valence-corrected chi connectivity index (χ4v) is 4.45. The molecule has 4 rings (SSSR count). The monoisotopic (exact) mass is 468 g/mol. The average Bonchev–Trinajstić information content (AvgIpc) is 3.25. The van der Waals surface area contributed by atoms with Crippen LogP contribution >= 0.6 is 23.2 Å². The van der Waals surface area contributed by atoms with Crippen LogP contribution in [0.5, 0.6) is 5.75 Å². The van der Waals surface area contributed by atoms with Crippen LogP contribution in [-0.4, -0.2) is 28.3 Å². The minimum absolute atomic E-state index is 0.296.